The predicted molar refractivity (Wildman–Crippen MR) is 88.7 cm³/mol. The van der Waals surface area contributed by atoms with E-state index in [0.29, 0.717) is 27.8 Å². The van der Waals surface area contributed by atoms with E-state index in [9.17, 15) is 8.42 Å². The average molecular weight is 383 g/mol. The van der Waals surface area contributed by atoms with Crippen LogP contribution >= 0.6 is 27.3 Å². The maximum Gasteiger partial charge on any atom is 0.245 e. The minimum absolute atomic E-state index is 0.0472. The normalized spacial score (nSPS) is 12.8. The van der Waals surface area contributed by atoms with Gasteiger partial charge in [0.25, 0.3) is 0 Å². The maximum atomic E-state index is 12.7. The second-order valence-electron chi connectivity index (χ2n) is 5.19. The van der Waals surface area contributed by atoms with Gasteiger partial charge in [-0.15, -0.1) is 11.3 Å². The Labute approximate surface area is 134 Å². The minimum Gasteiger partial charge on any atom is -0.310 e. The number of thiophene rings is 1. The van der Waals surface area contributed by atoms with E-state index in [0.717, 1.165) is 4.88 Å². The van der Waals surface area contributed by atoms with Gasteiger partial charge in [-0.05, 0) is 35.8 Å². The molecule has 1 aromatic heterocycles. The van der Waals surface area contributed by atoms with Crippen molar-refractivity contribution in [2.45, 2.75) is 58.1 Å². The molecule has 0 aromatic carbocycles. The number of sulfonamides is 1. The van der Waals surface area contributed by atoms with Crippen LogP contribution in [0.3, 0.4) is 0 Å². The molecule has 1 heterocycles. The van der Waals surface area contributed by atoms with E-state index in [1.807, 2.05) is 20.8 Å². The van der Waals surface area contributed by atoms with Gasteiger partial charge in [-0.25, -0.2) is 8.42 Å². The van der Waals surface area contributed by atoms with Crippen molar-refractivity contribution in [3.05, 3.63) is 14.7 Å². The first-order chi connectivity index (χ1) is 9.20. The third-order valence-electron chi connectivity index (χ3n) is 2.87. The van der Waals surface area contributed by atoms with Gasteiger partial charge < -0.3 is 5.32 Å². The third-order valence-corrected chi connectivity index (χ3v) is 7.27. The van der Waals surface area contributed by atoms with E-state index in [2.05, 4.69) is 35.1 Å². The molecule has 116 valence electrons. The Balaban J connectivity index is 3.07. The van der Waals surface area contributed by atoms with E-state index in [1.54, 1.807) is 6.07 Å². The molecule has 0 aliphatic heterocycles. The standard InChI is InChI=1S/C13H23BrN2O2S2/c1-6-16(10(4)5)20(17,18)12-7-11(19-13(12)14)8-15-9(2)3/h7,9-10,15H,6,8H2,1-5H3. The molecule has 0 amide bonds. The summed E-state index contributed by atoms with van der Waals surface area (Å²) >= 11 is 4.86. The van der Waals surface area contributed by atoms with Crippen molar-refractivity contribution in [1.82, 2.24) is 9.62 Å². The highest BCUT2D eigenvalue weighted by Crippen LogP contribution is 2.34. The molecule has 0 saturated heterocycles. The number of hydrogen-bond donors (Lipinski definition) is 1. The van der Waals surface area contributed by atoms with E-state index < -0.39 is 10.0 Å². The van der Waals surface area contributed by atoms with Crippen molar-refractivity contribution < 1.29 is 8.42 Å². The van der Waals surface area contributed by atoms with Gasteiger partial charge in [0.1, 0.15) is 4.90 Å². The van der Waals surface area contributed by atoms with Gasteiger partial charge in [0, 0.05) is 30.1 Å². The van der Waals surface area contributed by atoms with Crippen molar-refractivity contribution in [2.75, 3.05) is 6.54 Å². The summed E-state index contributed by atoms with van der Waals surface area (Å²) in [6, 6.07) is 2.10. The Bertz CT molecular complexity index is 539. The zero-order valence-electron chi connectivity index (χ0n) is 12.6. The van der Waals surface area contributed by atoms with Crippen LogP contribution in [-0.4, -0.2) is 31.4 Å². The van der Waals surface area contributed by atoms with Crippen LogP contribution in [0.2, 0.25) is 0 Å². The van der Waals surface area contributed by atoms with Gasteiger partial charge in [-0.3, -0.25) is 0 Å². The lowest BCUT2D eigenvalue weighted by Gasteiger charge is -2.23. The first-order valence-electron chi connectivity index (χ1n) is 6.73. The molecule has 0 radical (unpaired) electrons. The van der Waals surface area contributed by atoms with Gasteiger partial charge in [0.05, 0.1) is 3.79 Å². The molecule has 0 spiro atoms. The monoisotopic (exact) mass is 382 g/mol. The fourth-order valence-electron chi connectivity index (χ4n) is 1.90. The molecule has 1 aromatic rings. The zero-order chi connectivity index (χ0) is 15.5. The summed E-state index contributed by atoms with van der Waals surface area (Å²) < 4.78 is 27.5. The Kier molecular flexibility index (Phi) is 6.66. The van der Waals surface area contributed by atoms with Crippen molar-refractivity contribution >= 4 is 37.3 Å². The van der Waals surface area contributed by atoms with Crippen LogP contribution in [-0.2, 0) is 16.6 Å². The van der Waals surface area contributed by atoms with E-state index in [4.69, 9.17) is 0 Å². The summed E-state index contributed by atoms with van der Waals surface area (Å²) in [5.74, 6) is 0. The molecule has 0 unspecified atom stereocenters. The first kappa shape index (κ1) is 18.1. The second kappa shape index (κ2) is 7.35. The molecule has 4 nitrogen and oxygen atoms in total. The molecule has 7 heteroatoms. The third kappa shape index (κ3) is 4.27. The molecule has 1 N–H and O–H groups in total. The van der Waals surface area contributed by atoms with Gasteiger partial charge >= 0.3 is 0 Å². The van der Waals surface area contributed by atoms with Gasteiger partial charge in [0.15, 0.2) is 0 Å². The zero-order valence-corrected chi connectivity index (χ0v) is 15.8. The predicted octanol–water partition coefficient (Wildman–Crippen LogP) is 3.43. The summed E-state index contributed by atoms with van der Waals surface area (Å²) in [4.78, 5) is 1.39. The Hall–Kier alpha value is 0.0500. The van der Waals surface area contributed by atoms with Crippen molar-refractivity contribution in [1.29, 1.82) is 0 Å². The average Bonchev–Trinajstić information content (AvgIpc) is 2.68. The van der Waals surface area contributed by atoms with E-state index in [1.165, 1.54) is 15.6 Å². The lowest BCUT2D eigenvalue weighted by atomic mass is 10.4. The van der Waals surface area contributed by atoms with Crippen LogP contribution in [0, 0.1) is 0 Å². The molecule has 0 saturated carbocycles. The van der Waals surface area contributed by atoms with Crippen LogP contribution in [0.1, 0.15) is 39.5 Å². The van der Waals surface area contributed by atoms with Gasteiger partial charge in [-0.1, -0.05) is 20.8 Å². The molecule has 0 aliphatic carbocycles. The highest BCUT2D eigenvalue weighted by atomic mass is 79.9. The number of rotatable bonds is 7. The lowest BCUT2D eigenvalue weighted by Crippen LogP contribution is -2.36. The van der Waals surface area contributed by atoms with Crippen LogP contribution in [0.25, 0.3) is 0 Å². The number of nitrogens with one attached hydrogen (secondary N) is 1. The van der Waals surface area contributed by atoms with Crippen molar-refractivity contribution in [3.63, 3.8) is 0 Å². The van der Waals surface area contributed by atoms with Crippen molar-refractivity contribution in [3.8, 4) is 0 Å². The fourth-order valence-corrected chi connectivity index (χ4v) is 6.14. The molecule has 20 heavy (non-hydrogen) atoms. The van der Waals surface area contributed by atoms with Gasteiger partial charge in [0.2, 0.25) is 10.0 Å². The first-order valence-corrected chi connectivity index (χ1v) is 9.78. The summed E-state index contributed by atoms with van der Waals surface area (Å²) in [5, 5.41) is 3.30. The van der Waals surface area contributed by atoms with Crippen molar-refractivity contribution in [2.24, 2.45) is 0 Å². The molecule has 0 fully saturated rings. The maximum absolute atomic E-state index is 12.7. The van der Waals surface area contributed by atoms with E-state index >= 15 is 0 Å². The molecule has 1 rings (SSSR count). The van der Waals surface area contributed by atoms with E-state index in [-0.39, 0.29) is 6.04 Å². The smallest absolute Gasteiger partial charge is 0.245 e. The summed E-state index contributed by atoms with van der Waals surface area (Å²) in [6.45, 7) is 10.9. The molecular formula is C13H23BrN2O2S2. The number of halogens is 1. The Morgan fingerprint density at radius 3 is 2.40 bits per heavy atom. The highest BCUT2D eigenvalue weighted by Gasteiger charge is 2.29. The topological polar surface area (TPSA) is 49.4 Å². The quantitative estimate of drug-likeness (QED) is 0.785. The molecule has 0 aliphatic rings. The highest BCUT2D eigenvalue weighted by molar-refractivity contribution is 9.11. The summed E-state index contributed by atoms with van der Waals surface area (Å²) in [5.41, 5.74) is 0. The minimum atomic E-state index is -3.43. The lowest BCUT2D eigenvalue weighted by molar-refractivity contribution is 0.369. The van der Waals surface area contributed by atoms with Gasteiger partial charge in [-0.2, -0.15) is 4.31 Å². The second-order valence-corrected chi connectivity index (χ2v) is 9.50. The number of hydrogen-bond acceptors (Lipinski definition) is 4. The van der Waals surface area contributed by atoms with Crippen LogP contribution in [0.15, 0.2) is 14.7 Å². The molecule has 0 atom stereocenters. The fraction of sp³-hybridized carbons (Fsp3) is 0.692. The van der Waals surface area contributed by atoms with Crippen LogP contribution in [0.4, 0.5) is 0 Å². The largest absolute Gasteiger partial charge is 0.310 e. The molecular weight excluding hydrogens is 360 g/mol. The SMILES string of the molecule is CCN(C(C)C)S(=O)(=O)c1cc(CNC(C)C)sc1Br. The summed E-state index contributed by atoms with van der Waals surface area (Å²) in [6.07, 6.45) is 0. The molecule has 0 bridgehead atoms. The Morgan fingerprint density at radius 1 is 1.35 bits per heavy atom. The van der Waals surface area contributed by atoms with Crippen LogP contribution in [0.5, 0.6) is 0 Å². The van der Waals surface area contributed by atoms with Crippen LogP contribution < -0.4 is 5.32 Å². The number of nitrogens with zero attached hydrogens (tertiary/aromatic N) is 1. The Morgan fingerprint density at radius 2 is 1.95 bits per heavy atom. The summed E-state index contributed by atoms with van der Waals surface area (Å²) in [7, 11) is -3.43.